The molecule has 0 radical (unpaired) electrons. The Bertz CT molecular complexity index is 1470. The molecular weight excluding hydrogens is 494 g/mol. The summed E-state index contributed by atoms with van der Waals surface area (Å²) in [5.74, 6) is -0.820. The van der Waals surface area contributed by atoms with E-state index in [1.165, 1.54) is 7.11 Å². The molecule has 0 aromatic heterocycles. The van der Waals surface area contributed by atoms with Crippen molar-refractivity contribution in [3.8, 4) is 17.6 Å². The lowest BCUT2D eigenvalue weighted by Gasteiger charge is -2.22. The Morgan fingerprint density at radius 3 is 2.13 bits per heavy atom. The van der Waals surface area contributed by atoms with Crippen LogP contribution in [-0.2, 0) is 22.6 Å². The minimum absolute atomic E-state index is 0.104. The van der Waals surface area contributed by atoms with Gasteiger partial charge < -0.3 is 25.2 Å². The standard InChI is InChI=1S/C31H27N3O5/c1-38-27-17-25(30(31(36)37)33-24-14-12-22(19-32)13-15-24)26(34-29(35)16-21-8-4-2-5-9-21)18-28(27)39-20-23-10-6-3-7-11-23/h2-15,17-18,30,33H,16,20H2,1H3,(H,34,35)(H,36,37). The molecule has 0 saturated heterocycles. The first-order valence-electron chi connectivity index (χ1n) is 12.2. The summed E-state index contributed by atoms with van der Waals surface area (Å²) in [6, 6.07) is 29.1. The van der Waals surface area contributed by atoms with Crippen molar-refractivity contribution in [2.45, 2.75) is 19.1 Å². The Morgan fingerprint density at radius 1 is 0.897 bits per heavy atom. The van der Waals surface area contributed by atoms with E-state index in [1.807, 2.05) is 66.7 Å². The molecule has 4 aromatic carbocycles. The van der Waals surface area contributed by atoms with Gasteiger partial charge in [0.1, 0.15) is 6.61 Å². The number of carboxylic acid groups (broad SMARTS) is 1. The second kappa shape index (κ2) is 12.8. The number of rotatable bonds is 11. The lowest BCUT2D eigenvalue weighted by Crippen LogP contribution is -2.24. The highest BCUT2D eigenvalue weighted by molar-refractivity contribution is 5.95. The molecule has 3 N–H and O–H groups in total. The largest absolute Gasteiger partial charge is 0.493 e. The zero-order chi connectivity index (χ0) is 27.6. The number of methoxy groups -OCH3 is 1. The van der Waals surface area contributed by atoms with Crippen LogP contribution >= 0.6 is 0 Å². The van der Waals surface area contributed by atoms with E-state index in [0.29, 0.717) is 22.7 Å². The van der Waals surface area contributed by atoms with Crippen LogP contribution in [0.2, 0.25) is 0 Å². The van der Waals surface area contributed by atoms with Gasteiger partial charge in [0.15, 0.2) is 17.5 Å². The lowest BCUT2D eigenvalue weighted by atomic mass is 10.0. The Balaban J connectivity index is 1.70. The normalized spacial score (nSPS) is 11.1. The number of carbonyl (C=O) groups excluding carboxylic acids is 1. The number of benzene rings is 4. The molecule has 0 saturated carbocycles. The van der Waals surface area contributed by atoms with Gasteiger partial charge in [-0.1, -0.05) is 60.7 Å². The van der Waals surface area contributed by atoms with E-state index >= 15 is 0 Å². The highest BCUT2D eigenvalue weighted by Gasteiger charge is 2.26. The molecule has 0 aliphatic rings. The SMILES string of the molecule is COc1cc(C(Nc2ccc(C#N)cc2)C(=O)O)c(NC(=O)Cc2ccccc2)cc1OCc1ccccc1. The summed E-state index contributed by atoms with van der Waals surface area (Å²) in [7, 11) is 1.46. The van der Waals surface area contributed by atoms with Crippen LogP contribution in [0.3, 0.4) is 0 Å². The van der Waals surface area contributed by atoms with Crippen molar-refractivity contribution in [3.63, 3.8) is 0 Å². The molecule has 8 nitrogen and oxygen atoms in total. The van der Waals surface area contributed by atoms with E-state index < -0.39 is 12.0 Å². The van der Waals surface area contributed by atoms with Gasteiger partial charge in [0.2, 0.25) is 5.91 Å². The third-order valence-electron chi connectivity index (χ3n) is 5.94. The molecule has 0 fully saturated rings. The Morgan fingerprint density at radius 2 is 1.54 bits per heavy atom. The number of nitrogens with one attached hydrogen (secondary N) is 2. The van der Waals surface area contributed by atoms with Gasteiger partial charge in [-0.3, -0.25) is 4.79 Å². The molecule has 196 valence electrons. The number of amides is 1. The average Bonchev–Trinajstić information content (AvgIpc) is 2.96. The Kier molecular flexibility index (Phi) is 8.78. The molecule has 39 heavy (non-hydrogen) atoms. The zero-order valence-corrected chi connectivity index (χ0v) is 21.3. The maximum Gasteiger partial charge on any atom is 0.330 e. The topological polar surface area (TPSA) is 121 Å². The average molecular weight is 522 g/mol. The molecule has 0 aliphatic heterocycles. The molecule has 0 spiro atoms. The van der Waals surface area contributed by atoms with E-state index in [-0.39, 0.29) is 30.2 Å². The summed E-state index contributed by atoms with van der Waals surface area (Å²) in [5, 5.41) is 25.1. The molecule has 1 amide bonds. The van der Waals surface area contributed by atoms with Gasteiger partial charge in [-0.25, -0.2) is 4.79 Å². The summed E-state index contributed by atoms with van der Waals surface area (Å²) in [4.78, 5) is 25.5. The number of anilines is 2. The van der Waals surface area contributed by atoms with E-state index in [4.69, 9.17) is 14.7 Å². The summed E-state index contributed by atoms with van der Waals surface area (Å²) in [6.45, 7) is 0.250. The maximum absolute atomic E-state index is 13.0. The van der Waals surface area contributed by atoms with Crippen LogP contribution in [0, 0.1) is 11.3 Å². The first kappa shape index (κ1) is 26.8. The smallest absolute Gasteiger partial charge is 0.330 e. The summed E-state index contributed by atoms with van der Waals surface area (Å²) >= 11 is 0. The fourth-order valence-electron chi connectivity index (χ4n) is 3.99. The fourth-order valence-corrected chi connectivity index (χ4v) is 3.99. The molecular formula is C31H27N3O5. The van der Waals surface area contributed by atoms with E-state index in [1.54, 1.807) is 36.4 Å². The minimum atomic E-state index is -1.25. The predicted octanol–water partition coefficient (Wildman–Crippen LogP) is 5.56. The first-order valence-corrected chi connectivity index (χ1v) is 12.2. The zero-order valence-electron chi connectivity index (χ0n) is 21.3. The third-order valence-corrected chi connectivity index (χ3v) is 5.94. The number of nitrogens with zero attached hydrogens (tertiary/aromatic N) is 1. The monoisotopic (exact) mass is 521 g/mol. The summed E-state index contributed by atoms with van der Waals surface area (Å²) in [5.41, 5.74) is 3.24. The third kappa shape index (κ3) is 7.14. The van der Waals surface area contributed by atoms with Gasteiger partial charge in [0.25, 0.3) is 0 Å². The van der Waals surface area contributed by atoms with E-state index in [0.717, 1.165) is 11.1 Å². The van der Waals surface area contributed by atoms with Crippen molar-refractivity contribution < 1.29 is 24.2 Å². The number of hydrogen-bond donors (Lipinski definition) is 3. The summed E-state index contributed by atoms with van der Waals surface area (Å²) < 4.78 is 11.6. The quantitative estimate of drug-likeness (QED) is 0.236. The van der Waals surface area contributed by atoms with Crippen molar-refractivity contribution in [2.24, 2.45) is 0 Å². The second-order valence-corrected chi connectivity index (χ2v) is 8.68. The predicted molar refractivity (Wildman–Crippen MR) is 148 cm³/mol. The van der Waals surface area contributed by atoms with Crippen LogP contribution in [0.15, 0.2) is 97.1 Å². The highest BCUT2D eigenvalue weighted by atomic mass is 16.5. The van der Waals surface area contributed by atoms with Crippen LogP contribution in [0.4, 0.5) is 11.4 Å². The van der Waals surface area contributed by atoms with Crippen molar-refractivity contribution >= 4 is 23.3 Å². The van der Waals surface area contributed by atoms with Gasteiger partial charge in [0.05, 0.1) is 30.9 Å². The molecule has 0 heterocycles. The molecule has 1 unspecified atom stereocenters. The van der Waals surface area contributed by atoms with Gasteiger partial charge in [0, 0.05) is 17.3 Å². The number of carbonyl (C=O) groups is 2. The first-order chi connectivity index (χ1) is 19.0. The Labute approximate surface area is 226 Å². The molecule has 0 bridgehead atoms. The van der Waals surface area contributed by atoms with Crippen LogP contribution < -0.4 is 20.1 Å². The second-order valence-electron chi connectivity index (χ2n) is 8.68. The van der Waals surface area contributed by atoms with Crippen LogP contribution in [0.25, 0.3) is 0 Å². The van der Waals surface area contributed by atoms with Gasteiger partial charge in [-0.05, 0) is 41.5 Å². The Hall–Kier alpha value is -5.29. The maximum atomic E-state index is 13.0. The number of carboxylic acids is 1. The molecule has 0 aliphatic carbocycles. The number of hydrogen-bond acceptors (Lipinski definition) is 6. The number of ether oxygens (including phenoxy) is 2. The molecule has 4 rings (SSSR count). The molecule has 1 atom stereocenters. The van der Waals surface area contributed by atoms with Crippen molar-refractivity contribution in [1.82, 2.24) is 0 Å². The van der Waals surface area contributed by atoms with Crippen LogP contribution in [-0.4, -0.2) is 24.1 Å². The van der Waals surface area contributed by atoms with Crippen LogP contribution in [0.5, 0.6) is 11.5 Å². The van der Waals surface area contributed by atoms with Crippen LogP contribution in [0.1, 0.15) is 28.3 Å². The fraction of sp³-hybridized carbons (Fsp3) is 0.129. The van der Waals surface area contributed by atoms with Gasteiger partial charge >= 0.3 is 5.97 Å². The van der Waals surface area contributed by atoms with Crippen molar-refractivity contribution in [3.05, 3.63) is 119 Å². The summed E-state index contributed by atoms with van der Waals surface area (Å²) in [6.07, 6.45) is 0.104. The van der Waals surface area contributed by atoms with Gasteiger partial charge in [-0.2, -0.15) is 5.26 Å². The molecule has 4 aromatic rings. The van der Waals surface area contributed by atoms with E-state index in [2.05, 4.69) is 10.6 Å². The van der Waals surface area contributed by atoms with E-state index in [9.17, 15) is 14.7 Å². The number of nitriles is 1. The van der Waals surface area contributed by atoms with Gasteiger partial charge in [-0.15, -0.1) is 0 Å². The number of aliphatic carboxylic acids is 1. The van der Waals surface area contributed by atoms with Crippen molar-refractivity contribution in [2.75, 3.05) is 17.7 Å². The molecule has 8 heteroatoms. The lowest BCUT2D eigenvalue weighted by molar-refractivity contribution is -0.138. The highest BCUT2D eigenvalue weighted by Crippen LogP contribution is 2.38. The minimum Gasteiger partial charge on any atom is -0.493 e. The van der Waals surface area contributed by atoms with Crippen molar-refractivity contribution in [1.29, 1.82) is 5.26 Å².